The van der Waals surface area contributed by atoms with Crippen LogP contribution in [0, 0.1) is 0 Å². The number of β-amino-alcohol motifs (C(OH)–C–C–N with tert-alkyl or cyclic N) is 1. The monoisotopic (exact) mass is 356 g/mol. The van der Waals surface area contributed by atoms with Crippen molar-refractivity contribution in [2.75, 3.05) is 46.4 Å². The first-order valence-electron chi connectivity index (χ1n) is 9.16. The summed E-state index contributed by atoms with van der Waals surface area (Å²) >= 11 is 0. The number of hydrogen-bond acceptors (Lipinski definition) is 5. The maximum atomic E-state index is 10.3. The number of ether oxygens (including phenoxy) is 2. The highest BCUT2D eigenvalue weighted by atomic mass is 16.5. The van der Waals surface area contributed by atoms with E-state index in [1.165, 1.54) is 5.56 Å². The second-order valence-electron chi connectivity index (χ2n) is 6.70. The summed E-state index contributed by atoms with van der Waals surface area (Å²) in [4.78, 5) is 4.77. The summed E-state index contributed by atoms with van der Waals surface area (Å²) in [6.45, 7) is 5.96. The van der Waals surface area contributed by atoms with Crippen molar-refractivity contribution >= 4 is 0 Å². The van der Waals surface area contributed by atoms with Gasteiger partial charge in [-0.05, 0) is 29.8 Å². The smallest absolute Gasteiger partial charge is 0.119 e. The molecule has 3 rings (SSSR count). The fraction of sp³-hybridized carbons (Fsp3) is 0.429. The van der Waals surface area contributed by atoms with Crippen molar-refractivity contribution < 1.29 is 14.6 Å². The third-order valence-corrected chi connectivity index (χ3v) is 4.68. The number of nitrogens with zero attached hydrogens (tertiary/aromatic N) is 2. The summed E-state index contributed by atoms with van der Waals surface area (Å²) in [5.74, 6) is 1.55. The number of rotatable bonds is 8. The minimum atomic E-state index is -0.488. The van der Waals surface area contributed by atoms with Crippen LogP contribution in [0.3, 0.4) is 0 Å². The molecule has 5 nitrogen and oxygen atoms in total. The molecule has 0 bridgehead atoms. The summed E-state index contributed by atoms with van der Waals surface area (Å²) in [5, 5.41) is 10.3. The fourth-order valence-corrected chi connectivity index (χ4v) is 3.19. The molecule has 1 N–H and O–H groups in total. The molecule has 2 aromatic rings. The van der Waals surface area contributed by atoms with Crippen molar-refractivity contribution in [3.05, 3.63) is 60.2 Å². The van der Waals surface area contributed by atoms with E-state index in [9.17, 15) is 5.11 Å². The lowest BCUT2D eigenvalue weighted by Gasteiger charge is -2.35. The van der Waals surface area contributed by atoms with E-state index in [-0.39, 0.29) is 0 Å². The minimum Gasteiger partial charge on any atom is -0.497 e. The molecule has 0 saturated carbocycles. The van der Waals surface area contributed by atoms with Gasteiger partial charge in [0, 0.05) is 39.3 Å². The zero-order valence-corrected chi connectivity index (χ0v) is 15.4. The molecular formula is C21H28N2O3. The van der Waals surface area contributed by atoms with Crippen LogP contribution in [0.5, 0.6) is 11.5 Å². The maximum absolute atomic E-state index is 10.3. The van der Waals surface area contributed by atoms with Crippen LogP contribution in [0.25, 0.3) is 0 Å². The third-order valence-electron chi connectivity index (χ3n) is 4.68. The average molecular weight is 356 g/mol. The van der Waals surface area contributed by atoms with Crippen molar-refractivity contribution in [3.63, 3.8) is 0 Å². The Morgan fingerprint density at radius 1 is 0.885 bits per heavy atom. The molecular weight excluding hydrogens is 328 g/mol. The normalized spacial score (nSPS) is 17.0. The molecule has 0 amide bonds. The van der Waals surface area contributed by atoms with Gasteiger partial charge in [-0.3, -0.25) is 9.80 Å². The van der Waals surface area contributed by atoms with Gasteiger partial charge in [-0.25, -0.2) is 0 Å². The Hall–Kier alpha value is -2.08. The molecule has 140 valence electrons. The minimum absolute atomic E-state index is 0.302. The van der Waals surface area contributed by atoms with E-state index in [0.29, 0.717) is 13.2 Å². The molecule has 26 heavy (non-hydrogen) atoms. The molecule has 0 aromatic heterocycles. The summed E-state index contributed by atoms with van der Waals surface area (Å²) in [7, 11) is 1.64. The SMILES string of the molecule is COc1ccc(OCC(O)CN2CCN(Cc3ccccc3)CC2)cc1. The van der Waals surface area contributed by atoms with E-state index in [2.05, 4.69) is 40.1 Å². The van der Waals surface area contributed by atoms with Gasteiger partial charge in [0.1, 0.15) is 24.2 Å². The van der Waals surface area contributed by atoms with Gasteiger partial charge in [-0.15, -0.1) is 0 Å². The zero-order chi connectivity index (χ0) is 18.2. The Bertz CT molecular complexity index is 640. The van der Waals surface area contributed by atoms with Crippen molar-refractivity contribution in [2.24, 2.45) is 0 Å². The molecule has 5 heteroatoms. The van der Waals surface area contributed by atoms with Crippen LogP contribution in [-0.4, -0.2) is 67.5 Å². The first-order chi connectivity index (χ1) is 12.7. The zero-order valence-electron chi connectivity index (χ0n) is 15.4. The predicted molar refractivity (Wildman–Crippen MR) is 103 cm³/mol. The van der Waals surface area contributed by atoms with Gasteiger partial charge in [0.15, 0.2) is 0 Å². The van der Waals surface area contributed by atoms with Crippen LogP contribution in [-0.2, 0) is 6.54 Å². The van der Waals surface area contributed by atoms with E-state index in [1.54, 1.807) is 7.11 Å². The molecule has 2 aromatic carbocycles. The Morgan fingerprint density at radius 3 is 2.15 bits per heavy atom. The maximum Gasteiger partial charge on any atom is 0.119 e. The molecule has 1 atom stereocenters. The average Bonchev–Trinajstić information content (AvgIpc) is 2.69. The molecule has 1 fully saturated rings. The number of hydrogen-bond donors (Lipinski definition) is 1. The van der Waals surface area contributed by atoms with Gasteiger partial charge < -0.3 is 14.6 Å². The first kappa shape index (κ1) is 18.7. The standard InChI is InChI=1S/C21H28N2O3/c1-25-20-7-9-21(10-8-20)26-17-19(24)16-23-13-11-22(12-14-23)15-18-5-3-2-4-6-18/h2-10,19,24H,11-17H2,1H3. The first-order valence-corrected chi connectivity index (χ1v) is 9.16. The van der Waals surface area contributed by atoms with Gasteiger partial charge in [-0.1, -0.05) is 30.3 Å². The Labute approximate surface area is 155 Å². The Balaban J connectivity index is 1.35. The van der Waals surface area contributed by atoms with Crippen LogP contribution in [0.4, 0.5) is 0 Å². The second-order valence-corrected chi connectivity index (χ2v) is 6.70. The molecule has 0 aliphatic carbocycles. The predicted octanol–water partition coefficient (Wildman–Crippen LogP) is 2.25. The second kappa shape index (κ2) is 9.57. The number of aliphatic hydroxyl groups excluding tert-OH is 1. The fourth-order valence-electron chi connectivity index (χ4n) is 3.19. The molecule has 1 unspecified atom stereocenters. The van der Waals surface area contributed by atoms with Crippen molar-refractivity contribution in [2.45, 2.75) is 12.6 Å². The highest BCUT2D eigenvalue weighted by Gasteiger charge is 2.19. The van der Waals surface area contributed by atoms with E-state index >= 15 is 0 Å². The van der Waals surface area contributed by atoms with Crippen molar-refractivity contribution in [1.29, 1.82) is 0 Å². The van der Waals surface area contributed by atoms with E-state index in [1.807, 2.05) is 24.3 Å². The van der Waals surface area contributed by atoms with Crippen molar-refractivity contribution in [1.82, 2.24) is 9.80 Å². The molecule has 1 aliphatic rings. The third kappa shape index (κ3) is 5.73. The van der Waals surface area contributed by atoms with Crippen LogP contribution in [0.1, 0.15) is 5.56 Å². The van der Waals surface area contributed by atoms with Crippen LogP contribution < -0.4 is 9.47 Å². The van der Waals surface area contributed by atoms with Gasteiger partial charge in [0.25, 0.3) is 0 Å². The lowest BCUT2D eigenvalue weighted by atomic mass is 10.2. The summed E-state index contributed by atoms with van der Waals surface area (Å²) in [6.07, 6.45) is -0.488. The quantitative estimate of drug-likeness (QED) is 0.786. The van der Waals surface area contributed by atoms with Crippen LogP contribution >= 0.6 is 0 Å². The Morgan fingerprint density at radius 2 is 1.50 bits per heavy atom. The van der Waals surface area contributed by atoms with Gasteiger partial charge in [-0.2, -0.15) is 0 Å². The highest BCUT2D eigenvalue weighted by molar-refractivity contribution is 5.31. The van der Waals surface area contributed by atoms with Gasteiger partial charge in [0.05, 0.1) is 7.11 Å². The van der Waals surface area contributed by atoms with Crippen LogP contribution in [0.15, 0.2) is 54.6 Å². The van der Waals surface area contributed by atoms with E-state index in [4.69, 9.17) is 9.47 Å². The van der Waals surface area contributed by atoms with E-state index < -0.39 is 6.10 Å². The number of piperazine rings is 1. The molecule has 1 heterocycles. The number of benzene rings is 2. The number of methoxy groups -OCH3 is 1. The van der Waals surface area contributed by atoms with Gasteiger partial charge in [0.2, 0.25) is 0 Å². The molecule has 1 saturated heterocycles. The summed E-state index contributed by atoms with van der Waals surface area (Å²) in [5.41, 5.74) is 1.36. The van der Waals surface area contributed by atoms with Crippen molar-refractivity contribution in [3.8, 4) is 11.5 Å². The van der Waals surface area contributed by atoms with Crippen LogP contribution in [0.2, 0.25) is 0 Å². The topological polar surface area (TPSA) is 45.2 Å². The van der Waals surface area contributed by atoms with E-state index in [0.717, 1.165) is 44.2 Å². The molecule has 0 radical (unpaired) electrons. The van der Waals surface area contributed by atoms with Gasteiger partial charge >= 0.3 is 0 Å². The lowest BCUT2D eigenvalue weighted by molar-refractivity contribution is 0.0446. The molecule has 0 spiro atoms. The lowest BCUT2D eigenvalue weighted by Crippen LogP contribution is -2.48. The highest BCUT2D eigenvalue weighted by Crippen LogP contribution is 2.17. The largest absolute Gasteiger partial charge is 0.497 e. The summed E-state index contributed by atoms with van der Waals surface area (Å²) in [6, 6.07) is 18.0. The Kier molecular flexibility index (Phi) is 6.89. The molecule has 1 aliphatic heterocycles. The summed E-state index contributed by atoms with van der Waals surface area (Å²) < 4.78 is 10.8. The number of aliphatic hydroxyl groups is 1.